The zero-order chi connectivity index (χ0) is 19.8. The molecule has 3 aromatic rings. The number of aromatic nitrogens is 2. The molecule has 0 bridgehead atoms. The van der Waals surface area contributed by atoms with Crippen LogP contribution in [0.3, 0.4) is 0 Å². The average Bonchev–Trinajstić information content (AvgIpc) is 3.25. The van der Waals surface area contributed by atoms with Crippen LogP contribution >= 0.6 is 0 Å². The Labute approximate surface area is 163 Å². The molecule has 0 saturated carbocycles. The molecule has 0 aliphatic heterocycles. The third kappa shape index (κ3) is 5.26. The van der Waals surface area contributed by atoms with E-state index in [1.54, 1.807) is 63.1 Å². The highest BCUT2D eigenvalue weighted by Gasteiger charge is 2.18. The van der Waals surface area contributed by atoms with E-state index >= 15 is 0 Å². The van der Waals surface area contributed by atoms with Crippen molar-refractivity contribution in [3.05, 3.63) is 72.8 Å². The second-order valence-corrected chi connectivity index (χ2v) is 6.00. The van der Waals surface area contributed by atoms with Gasteiger partial charge < -0.3 is 23.5 Å². The fourth-order valence-corrected chi connectivity index (χ4v) is 2.56. The number of ether oxygens (including phenoxy) is 4. The summed E-state index contributed by atoms with van der Waals surface area (Å²) in [5.74, 6) is 1.66. The Bertz CT molecular complexity index is 861. The lowest BCUT2D eigenvalue weighted by Crippen LogP contribution is -2.29. The molecule has 0 radical (unpaired) electrons. The van der Waals surface area contributed by atoms with Gasteiger partial charge >= 0.3 is 5.97 Å². The first-order valence-electron chi connectivity index (χ1n) is 8.75. The Morgan fingerprint density at radius 2 is 1.57 bits per heavy atom. The largest absolute Gasteiger partial charge is 0.497 e. The Morgan fingerprint density at radius 1 is 0.964 bits per heavy atom. The van der Waals surface area contributed by atoms with Gasteiger partial charge in [0.15, 0.2) is 6.10 Å². The van der Waals surface area contributed by atoms with Crippen molar-refractivity contribution in [3.8, 4) is 17.2 Å². The highest BCUT2D eigenvalue weighted by atomic mass is 16.6. The number of imidazole rings is 1. The van der Waals surface area contributed by atoms with Crippen LogP contribution in [0.25, 0.3) is 0 Å². The summed E-state index contributed by atoms with van der Waals surface area (Å²) < 4.78 is 23.6. The van der Waals surface area contributed by atoms with Crippen LogP contribution in [0.4, 0.5) is 0 Å². The van der Waals surface area contributed by atoms with Gasteiger partial charge in [-0.25, -0.2) is 9.78 Å². The van der Waals surface area contributed by atoms with E-state index in [1.807, 2.05) is 22.9 Å². The molecule has 1 atom stereocenters. The number of carbonyl (C=O) groups is 1. The van der Waals surface area contributed by atoms with Gasteiger partial charge in [0.2, 0.25) is 0 Å². The normalized spacial score (nSPS) is 11.5. The molecule has 1 unspecified atom stereocenters. The highest BCUT2D eigenvalue weighted by molar-refractivity contribution is 5.89. The van der Waals surface area contributed by atoms with Gasteiger partial charge in [-0.15, -0.1) is 0 Å². The van der Waals surface area contributed by atoms with E-state index in [0.29, 0.717) is 23.6 Å². The van der Waals surface area contributed by atoms with E-state index in [9.17, 15) is 4.79 Å². The SMILES string of the molecule is COc1ccc(OCC(Cn2ccnc2)OC(=O)c2ccc(OC)cc2)cc1. The van der Waals surface area contributed by atoms with Crippen molar-refractivity contribution in [2.45, 2.75) is 12.6 Å². The Balaban J connectivity index is 1.65. The van der Waals surface area contributed by atoms with Crippen molar-refractivity contribution in [1.82, 2.24) is 9.55 Å². The number of nitrogens with zero attached hydrogens (tertiary/aromatic N) is 2. The molecular formula is C21H22N2O5. The lowest BCUT2D eigenvalue weighted by atomic mass is 10.2. The van der Waals surface area contributed by atoms with Gasteiger partial charge in [-0.1, -0.05) is 0 Å². The Kier molecular flexibility index (Phi) is 6.51. The van der Waals surface area contributed by atoms with Gasteiger partial charge in [-0.2, -0.15) is 0 Å². The molecule has 7 heteroatoms. The predicted molar refractivity (Wildman–Crippen MR) is 103 cm³/mol. The summed E-state index contributed by atoms with van der Waals surface area (Å²) in [7, 11) is 3.18. The molecule has 0 amide bonds. The number of esters is 1. The molecular weight excluding hydrogens is 360 g/mol. The minimum Gasteiger partial charge on any atom is -0.497 e. The van der Waals surface area contributed by atoms with E-state index in [1.165, 1.54) is 0 Å². The van der Waals surface area contributed by atoms with Crippen LogP contribution in [0.15, 0.2) is 67.3 Å². The Morgan fingerprint density at radius 3 is 2.14 bits per heavy atom. The summed E-state index contributed by atoms with van der Waals surface area (Å²) in [5.41, 5.74) is 0.445. The maximum absolute atomic E-state index is 12.5. The van der Waals surface area contributed by atoms with Crippen molar-refractivity contribution >= 4 is 5.97 Å². The minimum absolute atomic E-state index is 0.201. The van der Waals surface area contributed by atoms with E-state index < -0.39 is 12.1 Å². The van der Waals surface area contributed by atoms with Crippen LogP contribution in [0.5, 0.6) is 17.2 Å². The molecule has 0 N–H and O–H groups in total. The first-order valence-corrected chi connectivity index (χ1v) is 8.75. The molecule has 7 nitrogen and oxygen atoms in total. The molecule has 1 heterocycles. The topological polar surface area (TPSA) is 71.8 Å². The quantitative estimate of drug-likeness (QED) is 0.529. The summed E-state index contributed by atoms with van der Waals surface area (Å²) in [6, 6.07) is 14.0. The highest BCUT2D eigenvalue weighted by Crippen LogP contribution is 2.18. The molecule has 146 valence electrons. The standard InChI is InChI=1S/C21H22N2O5/c1-25-17-5-3-16(4-6-17)21(24)28-20(13-23-12-11-22-15-23)14-27-19-9-7-18(26-2)8-10-19/h3-12,15,20H,13-14H2,1-2H3. The van der Waals surface area contributed by atoms with Gasteiger partial charge in [0.1, 0.15) is 23.9 Å². The fourth-order valence-electron chi connectivity index (χ4n) is 2.56. The summed E-state index contributed by atoms with van der Waals surface area (Å²) in [4.78, 5) is 16.5. The van der Waals surface area contributed by atoms with E-state index in [-0.39, 0.29) is 6.61 Å². The number of hydrogen-bond acceptors (Lipinski definition) is 6. The van der Waals surface area contributed by atoms with E-state index in [4.69, 9.17) is 18.9 Å². The monoisotopic (exact) mass is 382 g/mol. The summed E-state index contributed by atoms with van der Waals surface area (Å²) >= 11 is 0. The van der Waals surface area contributed by atoms with Crippen LogP contribution in [-0.4, -0.2) is 42.5 Å². The van der Waals surface area contributed by atoms with Gasteiger partial charge in [-0.05, 0) is 48.5 Å². The lowest BCUT2D eigenvalue weighted by molar-refractivity contribution is 0.0125. The second-order valence-electron chi connectivity index (χ2n) is 6.00. The second kappa shape index (κ2) is 9.45. The zero-order valence-electron chi connectivity index (χ0n) is 15.8. The van der Waals surface area contributed by atoms with Crippen LogP contribution in [0.1, 0.15) is 10.4 Å². The number of hydrogen-bond donors (Lipinski definition) is 0. The van der Waals surface area contributed by atoms with Crippen molar-refractivity contribution < 1.29 is 23.7 Å². The molecule has 3 rings (SSSR count). The van der Waals surface area contributed by atoms with Crippen molar-refractivity contribution in [1.29, 1.82) is 0 Å². The van der Waals surface area contributed by atoms with Crippen LogP contribution < -0.4 is 14.2 Å². The Hall–Kier alpha value is -3.48. The summed E-state index contributed by atoms with van der Waals surface area (Å²) in [5, 5.41) is 0. The lowest BCUT2D eigenvalue weighted by Gasteiger charge is -2.19. The fraction of sp³-hybridized carbons (Fsp3) is 0.238. The van der Waals surface area contributed by atoms with Crippen molar-refractivity contribution in [2.24, 2.45) is 0 Å². The minimum atomic E-state index is -0.495. The third-order valence-electron chi connectivity index (χ3n) is 4.07. The molecule has 0 aliphatic carbocycles. The molecule has 1 aromatic heterocycles. The first-order chi connectivity index (χ1) is 13.7. The predicted octanol–water partition coefficient (Wildman–Crippen LogP) is 3.20. The number of carbonyl (C=O) groups excluding carboxylic acids is 1. The van der Waals surface area contributed by atoms with Crippen LogP contribution in [-0.2, 0) is 11.3 Å². The van der Waals surface area contributed by atoms with E-state index in [0.717, 1.165) is 5.75 Å². The molecule has 0 spiro atoms. The number of benzene rings is 2. The number of rotatable bonds is 9. The van der Waals surface area contributed by atoms with Crippen LogP contribution in [0.2, 0.25) is 0 Å². The smallest absolute Gasteiger partial charge is 0.338 e. The van der Waals surface area contributed by atoms with Gasteiger partial charge in [0.25, 0.3) is 0 Å². The van der Waals surface area contributed by atoms with Crippen molar-refractivity contribution in [2.75, 3.05) is 20.8 Å². The summed E-state index contributed by atoms with van der Waals surface area (Å²) in [6.45, 7) is 0.629. The molecule has 28 heavy (non-hydrogen) atoms. The first kappa shape index (κ1) is 19.3. The maximum Gasteiger partial charge on any atom is 0.338 e. The van der Waals surface area contributed by atoms with Crippen molar-refractivity contribution in [3.63, 3.8) is 0 Å². The van der Waals surface area contributed by atoms with Crippen LogP contribution in [0, 0.1) is 0 Å². The van der Waals surface area contributed by atoms with Gasteiger partial charge in [0.05, 0.1) is 32.7 Å². The molecule has 0 fully saturated rings. The van der Waals surface area contributed by atoms with Gasteiger partial charge in [-0.3, -0.25) is 0 Å². The average molecular weight is 382 g/mol. The summed E-state index contributed by atoms with van der Waals surface area (Å²) in [6.07, 6.45) is 4.65. The maximum atomic E-state index is 12.5. The third-order valence-corrected chi connectivity index (χ3v) is 4.07. The number of methoxy groups -OCH3 is 2. The van der Waals surface area contributed by atoms with E-state index in [2.05, 4.69) is 4.98 Å². The molecule has 0 saturated heterocycles. The molecule has 0 aliphatic rings. The molecule has 2 aromatic carbocycles. The zero-order valence-corrected chi connectivity index (χ0v) is 15.8. The van der Waals surface area contributed by atoms with Gasteiger partial charge in [0, 0.05) is 12.4 Å².